The Labute approximate surface area is 209 Å². The third-order valence-corrected chi connectivity index (χ3v) is 6.34. The maximum absolute atomic E-state index is 13.5. The average molecular weight is 488 g/mol. The molecule has 4 rings (SSSR count). The van der Waals surface area contributed by atoms with Crippen molar-refractivity contribution >= 4 is 34.1 Å². The minimum Gasteiger partial charge on any atom is -0.342 e. The number of hydrogen-bond donors (Lipinski definition) is 1. The van der Waals surface area contributed by atoms with Crippen LogP contribution in [0.3, 0.4) is 0 Å². The van der Waals surface area contributed by atoms with Crippen molar-refractivity contribution in [3.05, 3.63) is 119 Å². The van der Waals surface area contributed by atoms with Crippen molar-refractivity contribution < 1.29 is 14.0 Å². The molecule has 0 radical (unpaired) electrons. The van der Waals surface area contributed by atoms with Crippen LogP contribution in [0.1, 0.15) is 40.7 Å². The lowest BCUT2D eigenvalue weighted by Gasteiger charge is -2.18. The van der Waals surface area contributed by atoms with E-state index < -0.39 is 6.04 Å². The first kappa shape index (κ1) is 24.6. The number of carbonyl (C=O) groups is 2. The normalized spacial score (nSPS) is 11.8. The SMILES string of the molecule is O=C(N[C@@H](Cc1ccc(Cl)cc1)C(=O)CCCCc1ccccc1)c1ccc2cc(F)ccc2c1. The average Bonchev–Trinajstić information content (AvgIpc) is 2.87. The molecular weight excluding hydrogens is 461 g/mol. The van der Waals surface area contributed by atoms with Gasteiger partial charge in [0, 0.05) is 17.0 Å². The van der Waals surface area contributed by atoms with Gasteiger partial charge in [0.25, 0.3) is 5.91 Å². The number of benzene rings is 4. The van der Waals surface area contributed by atoms with Gasteiger partial charge < -0.3 is 5.32 Å². The first-order chi connectivity index (χ1) is 17.0. The second-order valence-corrected chi connectivity index (χ2v) is 9.16. The highest BCUT2D eigenvalue weighted by Crippen LogP contribution is 2.18. The van der Waals surface area contributed by atoms with Crippen LogP contribution in [0.25, 0.3) is 10.8 Å². The van der Waals surface area contributed by atoms with Crippen molar-refractivity contribution in [2.75, 3.05) is 0 Å². The van der Waals surface area contributed by atoms with Crippen LogP contribution in [0.4, 0.5) is 4.39 Å². The zero-order valence-electron chi connectivity index (χ0n) is 19.3. The molecule has 0 unspecified atom stereocenters. The Kier molecular flexibility index (Phi) is 8.27. The van der Waals surface area contributed by atoms with Gasteiger partial charge in [-0.1, -0.05) is 66.2 Å². The van der Waals surface area contributed by atoms with E-state index in [4.69, 9.17) is 11.6 Å². The lowest BCUT2D eigenvalue weighted by atomic mass is 9.97. The molecule has 4 aromatic carbocycles. The van der Waals surface area contributed by atoms with Gasteiger partial charge in [0.05, 0.1) is 6.04 Å². The predicted octanol–water partition coefficient (Wildman–Crippen LogP) is 6.96. The Morgan fingerprint density at radius 1 is 0.800 bits per heavy atom. The van der Waals surface area contributed by atoms with Crippen LogP contribution in [0.5, 0.6) is 0 Å². The smallest absolute Gasteiger partial charge is 0.251 e. The number of hydrogen-bond acceptors (Lipinski definition) is 2. The monoisotopic (exact) mass is 487 g/mol. The van der Waals surface area contributed by atoms with Crippen LogP contribution in [-0.4, -0.2) is 17.7 Å². The highest BCUT2D eigenvalue weighted by Gasteiger charge is 2.22. The summed E-state index contributed by atoms with van der Waals surface area (Å²) in [6.45, 7) is 0. The molecule has 178 valence electrons. The van der Waals surface area contributed by atoms with Crippen LogP contribution < -0.4 is 5.32 Å². The number of rotatable bonds is 10. The summed E-state index contributed by atoms with van der Waals surface area (Å²) in [5, 5.41) is 5.04. The molecule has 1 N–H and O–H groups in total. The second kappa shape index (κ2) is 11.8. The molecule has 0 bridgehead atoms. The van der Waals surface area contributed by atoms with Crippen molar-refractivity contribution in [3.8, 4) is 0 Å². The minimum atomic E-state index is -0.649. The van der Waals surface area contributed by atoms with E-state index >= 15 is 0 Å². The van der Waals surface area contributed by atoms with Crippen molar-refractivity contribution in [2.45, 2.75) is 38.1 Å². The van der Waals surface area contributed by atoms with E-state index in [0.717, 1.165) is 30.2 Å². The van der Waals surface area contributed by atoms with Gasteiger partial charge >= 0.3 is 0 Å². The molecule has 0 aromatic heterocycles. The van der Waals surface area contributed by atoms with Gasteiger partial charge in [0.1, 0.15) is 5.82 Å². The first-order valence-electron chi connectivity index (χ1n) is 11.8. The molecule has 4 aromatic rings. The summed E-state index contributed by atoms with van der Waals surface area (Å²) in [5.41, 5.74) is 2.61. The van der Waals surface area contributed by atoms with Gasteiger partial charge in [-0.25, -0.2) is 4.39 Å². The fourth-order valence-corrected chi connectivity index (χ4v) is 4.27. The molecule has 1 atom stereocenters. The van der Waals surface area contributed by atoms with Gasteiger partial charge in [-0.05, 0) is 84.0 Å². The number of amides is 1. The van der Waals surface area contributed by atoms with Gasteiger partial charge in [0.2, 0.25) is 0 Å². The molecular formula is C30H27ClFNO2. The Morgan fingerprint density at radius 2 is 1.51 bits per heavy atom. The summed E-state index contributed by atoms with van der Waals surface area (Å²) in [5.74, 6) is -0.646. The number of unbranched alkanes of at least 4 members (excludes halogenated alkanes) is 1. The zero-order chi connectivity index (χ0) is 24.6. The summed E-state index contributed by atoms with van der Waals surface area (Å²) >= 11 is 6.01. The molecule has 0 fully saturated rings. The van der Waals surface area contributed by atoms with E-state index in [0.29, 0.717) is 28.8 Å². The predicted molar refractivity (Wildman–Crippen MR) is 139 cm³/mol. The Morgan fingerprint density at radius 3 is 2.29 bits per heavy atom. The van der Waals surface area contributed by atoms with E-state index in [1.807, 2.05) is 30.3 Å². The summed E-state index contributed by atoms with van der Waals surface area (Å²) in [6.07, 6.45) is 3.35. The maximum Gasteiger partial charge on any atom is 0.251 e. The molecule has 5 heteroatoms. The fraction of sp³-hybridized carbons (Fsp3) is 0.200. The summed E-state index contributed by atoms with van der Waals surface area (Å²) in [4.78, 5) is 26.2. The Balaban J connectivity index is 1.44. The summed E-state index contributed by atoms with van der Waals surface area (Å²) < 4.78 is 13.5. The number of fused-ring (bicyclic) bond motifs is 1. The molecule has 35 heavy (non-hydrogen) atoms. The van der Waals surface area contributed by atoms with Crippen molar-refractivity contribution in [1.82, 2.24) is 5.32 Å². The number of aryl methyl sites for hydroxylation is 1. The van der Waals surface area contributed by atoms with Crippen LogP contribution >= 0.6 is 11.6 Å². The van der Waals surface area contributed by atoms with E-state index in [-0.39, 0.29) is 17.5 Å². The zero-order valence-corrected chi connectivity index (χ0v) is 20.1. The second-order valence-electron chi connectivity index (χ2n) is 8.72. The van der Waals surface area contributed by atoms with Gasteiger partial charge in [-0.15, -0.1) is 0 Å². The molecule has 0 saturated carbocycles. The lowest BCUT2D eigenvalue weighted by Crippen LogP contribution is -2.42. The van der Waals surface area contributed by atoms with Gasteiger partial charge in [0.15, 0.2) is 5.78 Å². The van der Waals surface area contributed by atoms with Gasteiger partial charge in [-0.2, -0.15) is 0 Å². The molecule has 0 aliphatic carbocycles. The fourth-order valence-electron chi connectivity index (χ4n) is 4.15. The van der Waals surface area contributed by atoms with Crippen molar-refractivity contribution in [1.29, 1.82) is 0 Å². The first-order valence-corrected chi connectivity index (χ1v) is 12.2. The molecule has 0 saturated heterocycles. The van der Waals surface area contributed by atoms with E-state index in [9.17, 15) is 14.0 Å². The number of Topliss-reactive ketones (excluding diaryl/α,β-unsaturated/α-hetero) is 1. The van der Waals surface area contributed by atoms with Gasteiger partial charge in [-0.3, -0.25) is 9.59 Å². The van der Waals surface area contributed by atoms with E-state index in [1.165, 1.54) is 17.7 Å². The standard InChI is InChI=1S/C30H27ClFNO2/c31-26-15-10-22(11-16-26)18-28(29(34)9-5-4-8-21-6-2-1-3-7-21)33-30(35)25-13-12-24-20-27(32)17-14-23(24)19-25/h1-3,6-7,10-17,19-20,28H,4-5,8-9,18H2,(H,33,35)/t28-/m0/s1. The summed E-state index contributed by atoms with van der Waals surface area (Å²) in [7, 11) is 0. The molecule has 0 aliphatic heterocycles. The molecule has 0 heterocycles. The van der Waals surface area contributed by atoms with Crippen LogP contribution in [0.15, 0.2) is 91.0 Å². The number of ketones is 1. The minimum absolute atomic E-state index is 0.00391. The van der Waals surface area contributed by atoms with E-state index in [1.54, 1.807) is 36.4 Å². The Bertz CT molecular complexity index is 1310. The molecule has 0 aliphatic rings. The Hall–Kier alpha value is -3.50. The molecule has 3 nitrogen and oxygen atoms in total. The van der Waals surface area contributed by atoms with Crippen LogP contribution in [0, 0.1) is 5.82 Å². The van der Waals surface area contributed by atoms with Crippen molar-refractivity contribution in [3.63, 3.8) is 0 Å². The molecule has 1 amide bonds. The summed E-state index contributed by atoms with van der Waals surface area (Å²) in [6, 6.07) is 26.4. The van der Waals surface area contributed by atoms with Crippen molar-refractivity contribution in [2.24, 2.45) is 0 Å². The van der Waals surface area contributed by atoms with Crippen LogP contribution in [0.2, 0.25) is 5.02 Å². The van der Waals surface area contributed by atoms with Crippen LogP contribution in [-0.2, 0) is 17.6 Å². The maximum atomic E-state index is 13.5. The highest BCUT2D eigenvalue weighted by atomic mass is 35.5. The third-order valence-electron chi connectivity index (χ3n) is 6.09. The highest BCUT2D eigenvalue weighted by molar-refractivity contribution is 6.30. The third kappa shape index (κ3) is 7.00. The lowest BCUT2D eigenvalue weighted by molar-refractivity contribution is -0.121. The molecule has 0 spiro atoms. The number of nitrogens with one attached hydrogen (secondary N) is 1. The largest absolute Gasteiger partial charge is 0.342 e. The topological polar surface area (TPSA) is 46.2 Å². The van der Waals surface area contributed by atoms with E-state index in [2.05, 4.69) is 17.4 Å². The quantitative estimate of drug-likeness (QED) is 0.246. The number of halogens is 2. The number of carbonyl (C=O) groups excluding carboxylic acids is 2.